The molecule has 0 spiro atoms. The first-order valence-electron chi connectivity index (χ1n) is 8.29. The number of benzene rings is 1. The fourth-order valence-corrected chi connectivity index (χ4v) is 3.09. The number of aromatic hydroxyl groups is 1. The molecule has 24 heavy (non-hydrogen) atoms. The highest BCUT2D eigenvalue weighted by molar-refractivity contribution is 5.87. The van der Waals surface area contributed by atoms with Crippen LogP contribution in [0.15, 0.2) is 30.5 Å². The molecule has 0 unspecified atom stereocenters. The van der Waals surface area contributed by atoms with Crippen molar-refractivity contribution < 1.29 is 9.84 Å². The molecule has 1 fully saturated rings. The van der Waals surface area contributed by atoms with Crippen molar-refractivity contribution >= 4 is 10.9 Å². The van der Waals surface area contributed by atoms with E-state index in [0.717, 1.165) is 44.7 Å². The summed E-state index contributed by atoms with van der Waals surface area (Å²) in [5, 5.41) is 11.0. The van der Waals surface area contributed by atoms with Gasteiger partial charge in [-0.1, -0.05) is 18.1 Å². The Balaban J connectivity index is 1.55. The second-order valence-electron chi connectivity index (χ2n) is 6.02. The van der Waals surface area contributed by atoms with Gasteiger partial charge in [-0.25, -0.2) is 0 Å². The third-order valence-electron chi connectivity index (χ3n) is 4.43. The van der Waals surface area contributed by atoms with Gasteiger partial charge in [-0.3, -0.25) is 14.8 Å². The van der Waals surface area contributed by atoms with Gasteiger partial charge in [-0.15, -0.1) is 6.42 Å². The highest BCUT2D eigenvalue weighted by atomic mass is 16.5. The molecule has 0 aliphatic carbocycles. The zero-order valence-electron chi connectivity index (χ0n) is 13.8. The number of piperazine rings is 1. The molecule has 5 heteroatoms. The lowest BCUT2D eigenvalue weighted by Gasteiger charge is -2.34. The SMILES string of the molecule is C#CCOCCN1CCN(Cc2ccc(O)c3ncccc23)CC1. The third kappa shape index (κ3) is 4.04. The van der Waals surface area contributed by atoms with Gasteiger partial charge in [0.2, 0.25) is 0 Å². The monoisotopic (exact) mass is 325 g/mol. The van der Waals surface area contributed by atoms with Crippen molar-refractivity contribution in [1.82, 2.24) is 14.8 Å². The lowest BCUT2D eigenvalue weighted by atomic mass is 10.1. The molecule has 0 amide bonds. The van der Waals surface area contributed by atoms with E-state index < -0.39 is 0 Å². The number of aromatic nitrogens is 1. The van der Waals surface area contributed by atoms with Crippen LogP contribution in [0.3, 0.4) is 0 Å². The van der Waals surface area contributed by atoms with Crippen LogP contribution in [0.4, 0.5) is 0 Å². The molecule has 5 nitrogen and oxygen atoms in total. The van der Waals surface area contributed by atoms with Gasteiger partial charge in [0.05, 0.1) is 6.61 Å². The molecular formula is C19H23N3O2. The first-order valence-corrected chi connectivity index (χ1v) is 8.29. The van der Waals surface area contributed by atoms with E-state index in [0.29, 0.717) is 18.7 Å². The number of nitrogens with zero attached hydrogens (tertiary/aromatic N) is 3. The van der Waals surface area contributed by atoms with Gasteiger partial charge >= 0.3 is 0 Å². The molecule has 1 saturated heterocycles. The minimum absolute atomic E-state index is 0.242. The zero-order chi connectivity index (χ0) is 16.8. The van der Waals surface area contributed by atoms with Gasteiger partial charge in [-0.2, -0.15) is 0 Å². The van der Waals surface area contributed by atoms with E-state index >= 15 is 0 Å². The fourth-order valence-electron chi connectivity index (χ4n) is 3.09. The lowest BCUT2D eigenvalue weighted by molar-refractivity contribution is 0.0854. The van der Waals surface area contributed by atoms with Gasteiger partial charge in [0.15, 0.2) is 0 Å². The molecule has 2 aromatic rings. The number of hydrogen-bond acceptors (Lipinski definition) is 5. The van der Waals surface area contributed by atoms with Crippen molar-refractivity contribution in [2.45, 2.75) is 6.54 Å². The van der Waals surface area contributed by atoms with Crippen LogP contribution in [-0.2, 0) is 11.3 Å². The van der Waals surface area contributed by atoms with Crippen LogP contribution >= 0.6 is 0 Å². The molecular weight excluding hydrogens is 302 g/mol. The molecule has 1 aliphatic rings. The summed E-state index contributed by atoms with van der Waals surface area (Å²) in [5.41, 5.74) is 1.89. The van der Waals surface area contributed by atoms with Crippen molar-refractivity contribution in [3.8, 4) is 18.1 Å². The Labute approximate surface area is 142 Å². The predicted octanol–water partition coefficient (Wildman–Crippen LogP) is 1.71. The van der Waals surface area contributed by atoms with Gasteiger partial charge in [0.25, 0.3) is 0 Å². The third-order valence-corrected chi connectivity index (χ3v) is 4.43. The minimum Gasteiger partial charge on any atom is -0.506 e. The van der Waals surface area contributed by atoms with Gasteiger partial charge in [0, 0.05) is 50.9 Å². The molecule has 0 atom stereocenters. The topological polar surface area (TPSA) is 48.8 Å². The Hall–Kier alpha value is -2.13. The minimum atomic E-state index is 0.242. The smallest absolute Gasteiger partial charge is 0.141 e. The van der Waals surface area contributed by atoms with E-state index in [2.05, 4.69) is 20.7 Å². The maximum absolute atomic E-state index is 9.95. The van der Waals surface area contributed by atoms with Crippen molar-refractivity contribution in [1.29, 1.82) is 0 Å². The van der Waals surface area contributed by atoms with E-state index in [-0.39, 0.29) is 5.75 Å². The van der Waals surface area contributed by atoms with Crippen LogP contribution in [0.2, 0.25) is 0 Å². The second kappa shape index (κ2) is 8.11. The first-order chi connectivity index (χ1) is 11.8. The summed E-state index contributed by atoms with van der Waals surface area (Å²) >= 11 is 0. The van der Waals surface area contributed by atoms with E-state index in [4.69, 9.17) is 11.2 Å². The van der Waals surface area contributed by atoms with Crippen molar-refractivity contribution in [3.05, 3.63) is 36.0 Å². The Morgan fingerprint density at radius 1 is 1.17 bits per heavy atom. The summed E-state index contributed by atoms with van der Waals surface area (Å²) in [5.74, 6) is 2.73. The average Bonchev–Trinajstić information content (AvgIpc) is 2.63. The molecule has 0 radical (unpaired) electrons. The maximum atomic E-state index is 9.95. The summed E-state index contributed by atoms with van der Waals surface area (Å²) in [6, 6.07) is 7.68. The number of terminal acetylenes is 1. The van der Waals surface area contributed by atoms with Crippen LogP contribution in [-0.4, -0.2) is 65.8 Å². The van der Waals surface area contributed by atoms with Crippen molar-refractivity contribution in [3.63, 3.8) is 0 Å². The molecule has 1 aliphatic heterocycles. The molecule has 3 rings (SSSR count). The van der Waals surface area contributed by atoms with Gasteiger partial charge in [-0.05, 0) is 17.7 Å². The van der Waals surface area contributed by atoms with Crippen LogP contribution < -0.4 is 0 Å². The lowest BCUT2D eigenvalue weighted by Crippen LogP contribution is -2.46. The Kier molecular flexibility index (Phi) is 5.65. The predicted molar refractivity (Wildman–Crippen MR) is 94.8 cm³/mol. The number of fused-ring (bicyclic) bond motifs is 1. The van der Waals surface area contributed by atoms with Crippen LogP contribution in [0.25, 0.3) is 10.9 Å². The largest absolute Gasteiger partial charge is 0.506 e. The second-order valence-corrected chi connectivity index (χ2v) is 6.02. The Morgan fingerprint density at radius 3 is 2.75 bits per heavy atom. The Bertz CT molecular complexity index is 718. The Morgan fingerprint density at radius 2 is 1.96 bits per heavy atom. The number of ether oxygens (including phenoxy) is 1. The summed E-state index contributed by atoms with van der Waals surface area (Å²) in [6.45, 7) is 7.02. The summed E-state index contributed by atoms with van der Waals surface area (Å²) in [4.78, 5) is 9.14. The number of pyridine rings is 1. The van der Waals surface area contributed by atoms with Gasteiger partial charge < -0.3 is 9.84 Å². The number of hydrogen-bond donors (Lipinski definition) is 1. The van der Waals surface area contributed by atoms with E-state index in [9.17, 15) is 5.11 Å². The molecule has 0 bridgehead atoms. The molecule has 0 saturated carbocycles. The van der Waals surface area contributed by atoms with E-state index in [1.807, 2.05) is 18.2 Å². The summed E-state index contributed by atoms with van der Waals surface area (Å²) < 4.78 is 5.35. The first kappa shape index (κ1) is 16.7. The van der Waals surface area contributed by atoms with Gasteiger partial charge in [0.1, 0.15) is 17.9 Å². The zero-order valence-corrected chi connectivity index (χ0v) is 13.8. The van der Waals surface area contributed by atoms with Crippen LogP contribution in [0.1, 0.15) is 5.56 Å². The molecule has 1 aromatic carbocycles. The van der Waals surface area contributed by atoms with Crippen LogP contribution in [0.5, 0.6) is 5.75 Å². The fraction of sp³-hybridized carbons (Fsp3) is 0.421. The quantitative estimate of drug-likeness (QED) is 0.647. The number of phenolic OH excluding ortho intramolecular Hbond substituents is 1. The van der Waals surface area contributed by atoms with E-state index in [1.54, 1.807) is 12.3 Å². The molecule has 1 N–H and O–H groups in total. The molecule has 1 aromatic heterocycles. The van der Waals surface area contributed by atoms with Crippen molar-refractivity contribution in [2.75, 3.05) is 45.9 Å². The average molecular weight is 325 g/mol. The number of rotatable bonds is 6. The van der Waals surface area contributed by atoms with Crippen LogP contribution in [0, 0.1) is 12.3 Å². The standard InChI is InChI=1S/C19H23N3O2/c1-2-13-24-14-12-21-8-10-22(11-9-21)15-16-5-6-18(23)19-17(16)4-3-7-20-19/h1,3-7,23H,8-15H2. The molecule has 2 heterocycles. The summed E-state index contributed by atoms with van der Waals surface area (Å²) in [6.07, 6.45) is 6.89. The van der Waals surface area contributed by atoms with E-state index in [1.165, 1.54) is 5.56 Å². The number of phenols is 1. The highest BCUT2D eigenvalue weighted by Gasteiger charge is 2.17. The summed E-state index contributed by atoms with van der Waals surface area (Å²) in [7, 11) is 0. The molecule has 126 valence electrons. The highest BCUT2D eigenvalue weighted by Crippen LogP contribution is 2.26. The normalized spacial score (nSPS) is 16.3. The maximum Gasteiger partial charge on any atom is 0.141 e. The van der Waals surface area contributed by atoms with Crippen molar-refractivity contribution in [2.24, 2.45) is 0 Å².